The molecule has 0 unspecified atom stereocenters. The topological polar surface area (TPSA) is 52.1 Å². The van der Waals surface area contributed by atoms with E-state index in [4.69, 9.17) is 18.8 Å². The lowest BCUT2D eigenvalue weighted by atomic mass is 10.00. The summed E-state index contributed by atoms with van der Waals surface area (Å²) in [5.41, 5.74) is 9.61. The van der Waals surface area contributed by atoms with E-state index in [1.807, 2.05) is 66.7 Å². The van der Waals surface area contributed by atoms with E-state index >= 15 is 0 Å². The average molecular weight is 539 g/mol. The van der Waals surface area contributed by atoms with Crippen molar-refractivity contribution in [2.75, 3.05) is 0 Å². The van der Waals surface area contributed by atoms with E-state index < -0.39 is 0 Å². The summed E-state index contributed by atoms with van der Waals surface area (Å²) in [6, 6.07) is 45.6. The zero-order valence-corrected chi connectivity index (χ0v) is 22.4. The number of hydrogen-bond acceptors (Lipinski definition) is 4. The predicted octanol–water partition coefficient (Wildman–Crippen LogP) is 10.4. The first kappa shape index (κ1) is 23.0. The minimum atomic E-state index is 0.692. The Morgan fingerprint density at radius 1 is 0.357 bits per heavy atom. The molecular formula is C38H22N2O2. The molecule has 196 valence electrons. The molecule has 0 aliphatic rings. The molecule has 0 saturated heterocycles. The van der Waals surface area contributed by atoms with Crippen LogP contribution in [0.3, 0.4) is 0 Å². The summed E-state index contributed by atoms with van der Waals surface area (Å²) in [4.78, 5) is 10.0. The van der Waals surface area contributed by atoms with E-state index in [2.05, 4.69) is 66.7 Å². The molecule has 0 radical (unpaired) electrons. The SMILES string of the molecule is c1ccc(-c2nc(-c3ccc4oc5ccc(-c6ccc7oc8ccccc8c7c6)cc5c4c3)nc3ccccc23)cc1. The monoisotopic (exact) mass is 538 g/mol. The molecule has 0 aliphatic heterocycles. The summed E-state index contributed by atoms with van der Waals surface area (Å²) in [5, 5.41) is 5.38. The van der Waals surface area contributed by atoms with Crippen molar-refractivity contribution in [3.05, 3.63) is 133 Å². The number of furan rings is 2. The summed E-state index contributed by atoms with van der Waals surface area (Å²) >= 11 is 0. The van der Waals surface area contributed by atoms with Crippen molar-refractivity contribution in [1.82, 2.24) is 9.97 Å². The van der Waals surface area contributed by atoms with Crippen LogP contribution in [0.5, 0.6) is 0 Å². The minimum absolute atomic E-state index is 0.692. The van der Waals surface area contributed by atoms with Crippen LogP contribution in [0.4, 0.5) is 0 Å². The number of hydrogen-bond donors (Lipinski definition) is 0. The third-order valence-corrected chi connectivity index (χ3v) is 8.09. The number of para-hydroxylation sites is 2. The van der Waals surface area contributed by atoms with Gasteiger partial charge in [0.1, 0.15) is 22.3 Å². The van der Waals surface area contributed by atoms with Gasteiger partial charge in [-0.1, -0.05) is 78.9 Å². The molecule has 3 heterocycles. The molecule has 0 spiro atoms. The van der Waals surface area contributed by atoms with Crippen molar-refractivity contribution in [1.29, 1.82) is 0 Å². The summed E-state index contributed by atoms with van der Waals surface area (Å²) < 4.78 is 12.3. The molecule has 4 heteroatoms. The zero-order chi connectivity index (χ0) is 27.6. The highest BCUT2D eigenvalue weighted by atomic mass is 16.3. The number of benzene rings is 6. The van der Waals surface area contributed by atoms with E-state index in [1.165, 1.54) is 0 Å². The van der Waals surface area contributed by atoms with Gasteiger partial charge in [0, 0.05) is 38.1 Å². The molecule has 0 N–H and O–H groups in total. The van der Waals surface area contributed by atoms with Crippen molar-refractivity contribution >= 4 is 54.8 Å². The minimum Gasteiger partial charge on any atom is -0.456 e. The van der Waals surface area contributed by atoms with Gasteiger partial charge in [-0.15, -0.1) is 0 Å². The fourth-order valence-electron chi connectivity index (χ4n) is 6.02. The van der Waals surface area contributed by atoms with Gasteiger partial charge in [0.15, 0.2) is 5.82 Å². The highest BCUT2D eigenvalue weighted by molar-refractivity contribution is 6.09. The van der Waals surface area contributed by atoms with Crippen LogP contribution in [0.2, 0.25) is 0 Å². The lowest BCUT2D eigenvalue weighted by molar-refractivity contribution is 0.668. The molecule has 0 atom stereocenters. The van der Waals surface area contributed by atoms with Crippen LogP contribution in [-0.4, -0.2) is 9.97 Å². The molecule has 9 aromatic rings. The van der Waals surface area contributed by atoms with Crippen LogP contribution in [0.15, 0.2) is 142 Å². The second-order valence-electron chi connectivity index (χ2n) is 10.6. The van der Waals surface area contributed by atoms with Gasteiger partial charge in [0.05, 0.1) is 11.2 Å². The number of aromatic nitrogens is 2. The van der Waals surface area contributed by atoms with Crippen LogP contribution < -0.4 is 0 Å². The van der Waals surface area contributed by atoms with Gasteiger partial charge in [-0.05, 0) is 65.7 Å². The lowest BCUT2D eigenvalue weighted by Gasteiger charge is -2.09. The molecule has 0 saturated carbocycles. The van der Waals surface area contributed by atoms with E-state index in [9.17, 15) is 0 Å². The van der Waals surface area contributed by atoms with Gasteiger partial charge in [-0.3, -0.25) is 0 Å². The molecule has 4 nitrogen and oxygen atoms in total. The van der Waals surface area contributed by atoms with Crippen molar-refractivity contribution in [3.63, 3.8) is 0 Å². The van der Waals surface area contributed by atoms with Crippen LogP contribution in [0, 0.1) is 0 Å². The van der Waals surface area contributed by atoms with Crippen LogP contribution in [0.1, 0.15) is 0 Å². The Labute approximate surface area is 240 Å². The summed E-state index contributed by atoms with van der Waals surface area (Å²) in [6.45, 7) is 0. The number of rotatable bonds is 3. The molecule has 9 rings (SSSR count). The molecule has 0 fully saturated rings. The first-order chi connectivity index (χ1) is 20.8. The van der Waals surface area contributed by atoms with Crippen molar-refractivity contribution in [2.45, 2.75) is 0 Å². The number of fused-ring (bicyclic) bond motifs is 7. The van der Waals surface area contributed by atoms with E-state index in [1.54, 1.807) is 0 Å². The molecule has 0 bridgehead atoms. The Kier molecular flexibility index (Phi) is 4.87. The van der Waals surface area contributed by atoms with Crippen LogP contribution in [0.25, 0.3) is 88.6 Å². The van der Waals surface area contributed by atoms with Crippen LogP contribution in [-0.2, 0) is 0 Å². The number of nitrogens with zero attached hydrogens (tertiary/aromatic N) is 2. The predicted molar refractivity (Wildman–Crippen MR) is 170 cm³/mol. The van der Waals surface area contributed by atoms with Gasteiger partial charge in [-0.2, -0.15) is 0 Å². The fourth-order valence-corrected chi connectivity index (χ4v) is 6.02. The summed E-state index contributed by atoms with van der Waals surface area (Å²) in [7, 11) is 0. The third-order valence-electron chi connectivity index (χ3n) is 8.09. The maximum Gasteiger partial charge on any atom is 0.160 e. The average Bonchev–Trinajstić information content (AvgIpc) is 3.61. The van der Waals surface area contributed by atoms with E-state index in [0.717, 1.165) is 82.7 Å². The molecule has 42 heavy (non-hydrogen) atoms. The first-order valence-electron chi connectivity index (χ1n) is 14.0. The maximum absolute atomic E-state index is 6.26. The maximum atomic E-state index is 6.26. The zero-order valence-electron chi connectivity index (χ0n) is 22.4. The van der Waals surface area contributed by atoms with Gasteiger partial charge >= 0.3 is 0 Å². The van der Waals surface area contributed by atoms with E-state index in [-0.39, 0.29) is 0 Å². The van der Waals surface area contributed by atoms with Gasteiger partial charge in [-0.25, -0.2) is 9.97 Å². The van der Waals surface area contributed by atoms with Crippen molar-refractivity contribution < 1.29 is 8.83 Å². The first-order valence-corrected chi connectivity index (χ1v) is 14.0. The second-order valence-corrected chi connectivity index (χ2v) is 10.6. The second kappa shape index (κ2) is 8.88. The Morgan fingerprint density at radius 3 is 1.60 bits per heavy atom. The normalized spacial score (nSPS) is 11.8. The Balaban J connectivity index is 1.21. The van der Waals surface area contributed by atoms with Gasteiger partial charge in [0.25, 0.3) is 0 Å². The van der Waals surface area contributed by atoms with Crippen LogP contribution >= 0.6 is 0 Å². The van der Waals surface area contributed by atoms with Gasteiger partial charge < -0.3 is 8.83 Å². The van der Waals surface area contributed by atoms with Crippen molar-refractivity contribution in [2.24, 2.45) is 0 Å². The Morgan fingerprint density at radius 2 is 0.881 bits per heavy atom. The van der Waals surface area contributed by atoms with E-state index in [0.29, 0.717) is 5.82 Å². The largest absolute Gasteiger partial charge is 0.456 e. The highest BCUT2D eigenvalue weighted by Gasteiger charge is 2.15. The lowest BCUT2D eigenvalue weighted by Crippen LogP contribution is -1.95. The standard InChI is InChI=1S/C38H22N2O2/c1-2-8-23(9-3-1)37-28-11-4-6-12-32(28)39-38(40-37)26-16-19-36-31(22-26)30-21-25(15-18-35(30)42-36)24-14-17-34-29(20-24)27-10-5-7-13-33(27)41-34/h1-22H. The summed E-state index contributed by atoms with van der Waals surface area (Å²) in [5.74, 6) is 0.692. The Bertz CT molecular complexity index is 2470. The quantitative estimate of drug-likeness (QED) is 0.224. The highest BCUT2D eigenvalue weighted by Crippen LogP contribution is 2.37. The van der Waals surface area contributed by atoms with Gasteiger partial charge in [0.2, 0.25) is 0 Å². The van der Waals surface area contributed by atoms with Crippen molar-refractivity contribution in [3.8, 4) is 33.8 Å². The smallest absolute Gasteiger partial charge is 0.160 e. The molecule has 0 amide bonds. The molecule has 3 aromatic heterocycles. The Hall–Kier alpha value is -5.74. The molecular weight excluding hydrogens is 516 g/mol. The third kappa shape index (κ3) is 3.55. The molecule has 6 aromatic carbocycles. The molecule has 0 aliphatic carbocycles. The summed E-state index contributed by atoms with van der Waals surface area (Å²) in [6.07, 6.45) is 0. The fraction of sp³-hybridized carbons (Fsp3) is 0.